The summed E-state index contributed by atoms with van der Waals surface area (Å²) in [7, 11) is 0. The lowest BCUT2D eigenvalue weighted by atomic mass is 10.1. The van der Waals surface area contributed by atoms with E-state index in [1.54, 1.807) is 23.2 Å². The van der Waals surface area contributed by atoms with Gasteiger partial charge in [-0.15, -0.1) is 0 Å². The largest absolute Gasteiger partial charge is 0.328 e. The summed E-state index contributed by atoms with van der Waals surface area (Å²) in [6, 6.07) is 11.6. The van der Waals surface area contributed by atoms with E-state index in [0.717, 1.165) is 37.2 Å². The summed E-state index contributed by atoms with van der Waals surface area (Å²) >= 11 is 3.37. The Bertz CT molecular complexity index is 768. The first-order chi connectivity index (χ1) is 12.0. The van der Waals surface area contributed by atoms with Gasteiger partial charge in [-0.2, -0.15) is 5.10 Å². The molecule has 25 heavy (non-hydrogen) atoms. The molecule has 3 nitrogen and oxygen atoms in total. The van der Waals surface area contributed by atoms with Crippen LogP contribution in [0.3, 0.4) is 0 Å². The molecule has 0 saturated carbocycles. The van der Waals surface area contributed by atoms with Crippen LogP contribution in [-0.4, -0.2) is 37.4 Å². The number of nitrogens with zero attached hydrogens (tertiary/aromatic N) is 2. The molecule has 0 radical (unpaired) electrons. The molecule has 0 aromatic heterocycles. The van der Waals surface area contributed by atoms with Gasteiger partial charge in [-0.3, -0.25) is 5.01 Å². The van der Waals surface area contributed by atoms with Crippen LogP contribution in [0.1, 0.15) is 22.3 Å². The normalized spacial score (nSPS) is 15.9. The highest BCUT2D eigenvalue weighted by atomic mass is 79.9. The van der Waals surface area contributed by atoms with Gasteiger partial charge in [-0.25, -0.2) is 4.39 Å². The predicted octanol–water partition coefficient (Wildman–Crippen LogP) is 2.94. The quantitative estimate of drug-likeness (QED) is 0.776. The van der Waals surface area contributed by atoms with Crippen molar-refractivity contribution in [2.45, 2.75) is 20.4 Å². The Kier molecular flexibility index (Phi) is 5.86. The average Bonchev–Trinajstić information content (AvgIpc) is 2.59. The van der Waals surface area contributed by atoms with Gasteiger partial charge in [-0.05, 0) is 37.6 Å². The van der Waals surface area contributed by atoms with Gasteiger partial charge >= 0.3 is 0 Å². The van der Waals surface area contributed by atoms with Crippen molar-refractivity contribution in [1.29, 1.82) is 0 Å². The molecule has 1 N–H and O–H groups in total. The SMILES string of the molecule is Cc1ccc(C[NH+]2CCN(N=Cc3cc(Br)ccc3F)CC2)c(C)c1. The topological polar surface area (TPSA) is 20.0 Å². The molecule has 3 rings (SSSR count). The van der Waals surface area contributed by atoms with Gasteiger partial charge in [-0.1, -0.05) is 39.7 Å². The summed E-state index contributed by atoms with van der Waals surface area (Å²) in [5.41, 5.74) is 4.63. The minimum Gasteiger partial charge on any atom is -0.328 e. The first-order valence-electron chi connectivity index (χ1n) is 8.65. The highest BCUT2D eigenvalue weighted by Gasteiger charge is 2.19. The molecule has 2 aromatic carbocycles. The predicted molar refractivity (Wildman–Crippen MR) is 104 cm³/mol. The molecule has 1 aliphatic rings. The zero-order chi connectivity index (χ0) is 17.8. The fourth-order valence-corrected chi connectivity index (χ4v) is 3.55. The van der Waals surface area contributed by atoms with E-state index in [2.05, 4.69) is 53.1 Å². The second kappa shape index (κ2) is 8.11. The summed E-state index contributed by atoms with van der Waals surface area (Å²) < 4.78 is 14.6. The summed E-state index contributed by atoms with van der Waals surface area (Å²) in [5.74, 6) is -0.244. The van der Waals surface area contributed by atoms with Crippen molar-refractivity contribution in [3.8, 4) is 0 Å². The Morgan fingerprint density at radius 3 is 2.64 bits per heavy atom. The maximum absolute atomic E-state index is 13.8. The summed E-state index contributed by atoms with van der Waals surface area (Å²) in [6.45, 7) is 9.27. The van der Waals surface area contributed by atoms with Crippen LogP contribution in [0.5, 0.6) is 0 Å². The van der Waals surface area contributed by atoms with Gasteiger partial charge in [0.25, 0.3) is 0 Å². The van der Waals surface area contributed by atoms with Gasteiger partial charge in [0, 0.05) is 15.6 Å². The van der Waals surface area contributed by atoms with Crippen LogP contribution in [0.2, 0.25) is 0 Å². The van der Waals surface area contributed by atoms with Crippen LogP contribution in [0.4, 0.5) is 4.39 Å². The fourth-order valence-electron chi connectivity index (χ4n) is 3.17. The number of rotatable bonds is 4. The summed E-state index contributed by atoms with van der Waals surface area (Å²) in [4.78, 5) is 1.58. The molecule has 0 unspecified atom stereocenters. The smallest absolute Gasteiger partial charge is 0.132 e. The van der Waals surface area contributed by atoms with Crippen molar-refractivity contribution in [2.24, 2.45) is 5.10 Å². The Morgan fingerprint density at radius 1 is 1.16 bits per heavy atom. The van der Waals surface area contributed by atoms with Crippen molar-refractivity contribution >= 4 is 22.1 Å². The number of benzene rings is 2. The van der Waals surface area contributed by atoms with Gasteiger partial charge in [0.15, 0.2) is 0 Å². The third-order valence-corrected chi connectivity index (χ3v) is 5.20. The van der Waals surface area contributed by atoms with Gasteiger partial charge in [0.2, 0.25) is 0 Å². The molecule has 132 valence electrons. The molecule has 0 spiro atoms. The zero-order valence-corrected chi connectivity index (χ0v) is 16.3. The standard InChI is InChI=1S/C20H23BrFN3/c1-15-3-4-17(16(2)11-15)14-24-7-9-25(10-8-24)23-13-18-12-19(21)5-6-20(18)22/h3-6,11-13H,7-10,14H2,1-2H3/p+1. The number of quaternary nitrogens is 1. The number of hydrogen-bond acceptors (Lipinski definition) is 2. The van der Waals surface area contributed by atoms with Gasteiger partial charge < -0.3 is 4.90 Å². The monoisotopic (exact) mass is 404 g/mol. The molecule has 0 bridgehead atoms. The van der Waals surface area contributed by atoms with Crippen molar-refractivity contribution in [1.82, 2.24) is 5.01 Å². The number of nitrogens with one attached hydrogen (secondary N) is 1. The van der Waals surface area contributed by atoms with E-state index < -0.39 is 0 Å². The molecule has 0 aliphatic carbocycles. The number of hydrogen-bond donors (Lipinski definition) is 1. The minimum atomic E-state index is -0.244. The fraction of sp³-hybridized carbons (Fsp3) is 0.350. The molecule has 1 aliphatic heterocycles. The van der Waals surface area contributed by atoms with Crippen LogP contribution in [-0.2, 0) is 6.54 Å². The van der Waals surface area contributed by atoms with Crippen molar-refractivity contribution in [3.05, 3.63) is 68.9 Å². The van der Waals surface area contributed by atoms with Crippen molar-refractivity contribution in [3.63, 3.8) is 0 Å². The number of halogens is 2. The van der Waals surface area contributed by atoms with E-state index in [1.807, 2.05) is 5.01 Å². The molecular formula is C20H24BrFN3+. The van der Waals surface area contributed by atoms with Gasteiger partial charge in [0.1, 0.15) is 12.4 Å². The summed E-state index contributed by atoms with van der Waals surface area (Å²) in [6.07, 6.45) is 1.62. The van der Waals surface area contributed by atoms with Crippen molar-refractivity contribution < 1.29 is 9.29 Å². The van der Waals surface area contributed by atoms with E-state index in [0.29, 0.717) is 5.56 Å². The van der Waals surface area contributed by atoms with E-state index in [-0.39, 0.29) is 5.82 Å². The summed E-state index contributed by atoms with van der Waals surface area (Å²) in [5, 5.41) is 6.49. The van der Waals surface area contributed by atoms with E-state index in [1.165, 1.54) is 22.8 Å². The molecule has 0 atom stereocenters. The molecular weight excluding hydrogens is 381 g/mol. The number of piperazine rings is 1. The second-order valence-electron chi connectivity index (χ2n) is 6.72. The van der Waals surface area contributed by atoms with Crippen LogP contribution >= 0.6 is 15.9 Å². The van der Waals surface area contributed by atoms with E-state index >= 15 is 0 Å². The Morgan fingerprint density at radius 2 is 1.92 bits per heavy atom. The Hall–Kier alpha value is -1.72. The lowest BCUT2D eigenvalue weighted by molar-refractivity contribution is -0.918. The van der Waals surface area contributed by atoms with Crippen molar-refractivity contribution in [2.75, 3.05) is 26.2 Å². The van der Waals surface area contributed by atoms with Crippen LogP contribution < -0.4 is 4.90 Å². The van der Waals surface area contributed by atoms with E-state index in [4.69, 9.17) is 0 Å². The first-order valence-corrected chi connectivity index (χ1v) is 9.44. The van der Waals surface area contributed by atoms with Crippen LogP contribution in [0.25, 0.3) is 0 Å². The lowest BCUT2D eigenvalue weighted by Gasteiger charge is -2.30. The second-order valence-corrected chi connectivity index (χ2v) is 7.64. The van der Waals surface area contributed by atoms with Gasteiger partial charge in [0.05, 0.1) is 32.4 Å². The molecule has 0 amide bonds. The third kappa shape index (κ3) is 4.89. The maximum atomic E-state index is 13.8. The molecule has 2 aromatic rings. The van der Waals surface area contributed by atoms with Crippen LogP contribution in [0, 0.1) is 19.7 Å². The highest BCUT2D eigenvalue weighted by molar-refractivity contribution is 9.10. The Labute approximate surface area is 157 Å². The number of hydrazone groups is 1. The average molecular weight is 405 g/mol. The molecule has 1 heterocycles. The lowest BCUT2D eigenvalue weighted by Crippen LogP contribution is -3.13. The first kappa shape index (κ1) is 18.1. The minimum absolute atomic E-state index is 0.244. The van der Waals surface area contributed by atoms with Crippen LogP contribution in [0.15, 0.2) is 46.0 Å². The molecule has 1 fully saturated rings. The maximum Gasteiger partial charge on any atom is 0.132 e. The third-order valence-electron chi connectivity index (χ3n) is 4.70. The Balaban J connectivity index is 1.55. The van der Waals surface area contributed by atoms with E-state index in [9.17, 15) is 4.39 Å². The molecule has 1 saturated heterocycles. The highest BCUT2D eigenvalue weighted by Crippen LogP contribution is 2.14. The number of aryl methyl sites for hydroxylation is 2. The zero-order valence-electron chi connectivity index (χ0n) is 14.7. The molecule has 5 heteroatoms.